The first-order valence-electron chi connectivity index (χ1n) is 5.23. The molecule has 2 nitrogen and oxygen atoms in total. The molecule has 16 heavy (non-hydrogen) atoms. The maximum Gasteiger partial charge on any atom is 0.230 e. The van der Waals surface area contributed by atoms with Crippen molar-refractivity contribution in [1.29, 1.82) is 0 Å². The van der Waals surface area contributed by atoms with Crippen molar-refractivity contribution in [2.45, 2.75) is 11.8 Å². The lowest BCUT2D eigenvalue weighted by Gasteiger charge is -2.09. The maximum atomic E-state index is 11.5. The van der Waals surface area contributed by atoms with Gasteiger partial charge in [0.1, 0.15) is 0 Å². The summed E-state index contributed by atoms with van der Waals surface area (Å²) in [5, 5.41) is 3.83. The van der Waals surface area contributed by atoms with Gasteiger partial charge in [-0.15, -0.1) is 11.8 Å². The minimum atomic E-state index is 0.0988. The fraction of sp³-hybridized carbons (Fsp3) is 0.417. The summed E-state index contributed by atoms with van der Waals surface area (Å²) in [6.07, 6.45) is 0. The van der Waals surface area contributed by atoms with Crippen LogP contribution in [0.5, 0.6) is 0 Å². The smallest absolute Gasteiger partial charge is 0.230 e. The van der Waals surface area contributed by atoms with Crippen LogP contribution in [-0.2, 0) is 4.79 Å². The fourth-order valence-corrected chi connectivity index (χ4v) is 2.04. The molecule has 1 rings (SSSR count). The number of hydrogen-bond acceptors (Lipinski definition) is 2. The summed E-state index contributed by atoms with van der Waals surface area (Å²) >= 11 is 4.95. The van der Waals surface area contributed by atoms with Gasteiger partial charge in [0, 0.05) is 16.8 Å². The minimum absolute atomic E-state index is 0.0988. The van der Waals surface area contributed by atoms with Crippen molar-refractivity contribution in [3.05, 3.63) is 30.3 Å². The van der Waals surface area contributed by atoms with Crippen LogP contribution in [0.3, 0.4) is 0 Å². The lowest BCUT2D eigenvalue weighted by molar-refractivity contribution is -0.118. The third kappa shape index (κ3) is 5.56. The van der Waals surface area contributed by atoms with Gasteiger partial charge in [-0.1, -0.05) is 41.1 Å². The van der Waals surface area contributed by atoms with Crippen LogP contribution in [0.2, 0.25) is 0 Å². The summed E-state index contributed by atoms with van der Waals surface area (Å²) in [5.41, 5.74) is 0. The van der Waals surface area contributed by atoms with Gasteiger partial charge in [-0.25, -0.2) is 0 Å². The van der Waals surface area contributed by atoms with Gasteiger partial charge in [-0.05, 0) is 18.1 Å². The van der Waals surface area contributed by atoms with Gasteiger partial charge < -0.3 is 5.32 Å². The number of alkyl halides is 1. The number of benzene rings is 1. The van der Waals surface area contributed by atoms with E-state index >= 15 is 0 Å². The van der Waals surface area contributed by atoms with Gasteiger partial charge in [0.2, 0.25) is 5.91 Å². The Kier molecular flexibility index (Phi) is 6.57. The molecule has 88 valence electrons. The molecule has 0 bridgehead atoms. The molecular formula is C12H16BrNOS. The van der Waals surface area contributed by atoms with Crippen LogP contribution in [0, 0.1) is 5.92 Å². The SMILES string of the molecule is CC(CBr)CNC(=O)CSc1ccccc1. The molecule has 1 aromatic rings. The molecule has 0 spiro atoms. The summed E-state index contributed by atoms with van der Waals surface area (Å²) in [7, 11) is 0. The molecule has 1 aromatic carbocycles. The zero-order chi connectivity index (χ0) is 11.8. The van der Waals surface area contributed by atoms with Gasteiger partial charge in [0.05, 0.1) is 5.75 Å². The standard InChI is InChI=1S/C12H16BrNOS/c1-10(7-13)8-14-12(15)9-16-11-5-3-2-4-6-11/h2-6,10H,7-9H2,1H3,(H,14,15). The third-order valence-electron chi connectivity index (χ3n) is 2.02. The van der Waals surface area contributed by atoms with E-state index in [1.807, 2.05) is 30.3 Å². The molecule has 1 N–H and O–H groups in total. The number of nitrogens with one attached hydrogen (secondary N) is 1. The van der Waals surface area contributed by atoms with E-state index < -0.39 is 0 Å². The van der Waals surface area contributed by atoms with E-state index in [-0.39, 0.29) is 5.91 Å². The second-order valence-electron chi connectivity index (χ2n) is 3.67. The Balaban J connectivity index is 2.20. The molecule has 4 heteroatoms. The highest BCUT2D eigenvalue weighted by molar-refractivity contribution is 9.09. The summed E-state index contributed by atoms with van der Waals surface area (Å²) in [4.78, 5) is 12.6. The van der Waals surface area contributed by atoms with E-state index in [2.05, 4.69) is 28.2 Å². The average molecular weight is 302 g/mol. The van der Waals surface area contributed by atoms with E-state index in [4.69, 9.17) is 0 Å². The molecule has 0 heterocycles. The lowest BCUT2D eigenvalue weighted by Crippen LogP contribution is -2.30. The van der Waals surface area contributed by atoms with Crippen molar-refractivity contribution in [3.63, 3.8) is 0 Å². The number of carbonyl (C=O) groups excluding carboxylic acids is 1. The van der Waals surface area contributed by atoms with E-state index in [1.54, 1.807) is 11.8 Å². The molecule has 0 radical (unpaired) electrons. The summed E-state index contributed by atoms with van der Waals surface area (Å²) in [6.45, 7) is 2.83. The first-order chi connectivity index (χ1) is 7.72. The Morgan fingerprint density at radius 3 is 2.75 bits per heavy atom. The number of halogens is 1. The fourth-order valence-electron chi connectivity index (χ4n) is 1.06. The van der Waals surface area contributed by atoms with Crippen LogP contribution in [-0.4, -0.2) is 23.5 Å². The van der Waals surface area contributed by atoms with E-state index in [9.17, 15) is 4.79 Å². The predicted molar refractivity (Wildman–Crippen MR) is 73.1 cm³/mol. The predicted octanol–water partition coefficient (Wildman–Crippen LogP) is 2.93. The van der Waals surface area contributed by atoms with E-state index in [0.29, 0.717) is 11.7 Å². The number of hydrogen-bond donors (Lipinski definition) is 1. The zero-order valence-corrected chi connectivity index (χ0v) is 11.7. The normalized spacial score (nSPS) is 12.1. The highest BCUT2D eigenvalue weighted by Crippen LogP contribution is 2.16. The molecule has 1 atom stereocenters. The number of rotatable bonds is 6. The molecule has 0 aromatic heterocycles. The first-order valence-corrected chi connectivity index (χ1v) is 7.33. The zero-order valence-electron chi connectivity index (χ0n) is 9.28. The topological polar surface area (TPSA) is 29.1 Å². The van der Waals surface area contributed by atoms with Crippen molar-refractivity contribution in [2.24, 2.45) is 5.92 Å². The highest BCUT2D eigenvalue weighted by Gasteiger charge is 2.04. The molecule has 0 fully saturated rings. The first kappa shape index (κ1) is 13.6. The van der Waals surface area contributed by atoms with Crippen LogP contribution in [0.25, 0.3) is 0 Å². The second-order valence-corrected chi connectivity index (χ2v) is 5.36. The van der Waals surface area contributed by atoms with Crippen LogP contribution in [0.4, 0.5) is 0 Å². The van der Waals surface area contributed by atoms with Gasteiger partial charge in [0.15, 0.2) is 0 Å². The minimum Gasteiger partial charge on any atom is -0.355 e. The largest absolute Gasteiger partial charge is 0.355 e. The highest BCUT2D eigenvalue weighted by atomic mass is 79.9. The summed E-state index contributed by atoms with van der Waals surface area (Å²) in [5.74, 6) is 1.06. The van der Waals surface area contributed by atoms with Crippen molar-refractivity contribution >= 4 is 33.6 Å². The third-order valence-corrected chi connectivity index (χ3v) is 4.14. The molecular weight excluding hydrogens is 286 g/mol. The molecule has 1 amide bonds. The maximum absolute atomic E-state index is 11.5. The van der Waals surface area contributed by atoms with E-state index in [1.165, 1.54) is 0 Å². The number of carbonyl (C=O) groups is 1. The van der Waals surface area contributed by atoms with Crippen LogP contribution < -0.4 is 5.32 Å². The van der Waals surface area contributed by atoms with Crippen LogP contribution >= 0.6 is 27.7 Å². The molecule has 0 saturated heterocycles. The van der Waals surface area contributed by atoms with Gasteiger partial charge in [0.25, 0.3) is 0 Å². The Hall–Kier alpha value is -0.480. The summed E-state index contributed by atoms with van der Waals surface area (Å²) in [6, 6.07) is 9.96. The molecule has 0 aliphatic heterocycles. The number of amides is 1. The second kappa shape index (κ2) is 7.74. The quantitative estimate of drug-likeness (QED) is 0.646. The molecule has 0 saturated carbocycles. The van der Waals surface area contributed by atoms with Gasteiger partial charge in [-0.2, -0.15) is 0 Å². The monoisotopic (exact) mass is 301 g/mol. The molecule has 0 aliphatic rings. The Labute approximate surface area is 109 Å². The van der Waals surface area contributed by atoms with Crippen molar-refractivity contribution in [3.8, 4) is 0 Å². The lowest BCUT2D eigenvalue weighted by atomic mass is 10.2. The molecule has 0 aliphatic carbocycles. The summed E-state index contributed by atoms with van der Waals surface area (Å²) < 4.78 is 0. The van der Waals surface area contributed by atoms with Gasteiger partial charge >= 0.3 is 0 Å². The Morgan fingerprint density at radius 2 is 2.12 bits per heavy atom. The van der Waals surface area contributed by atoms with Gasteiger partial charge in [-0.3, -0.25) is 4.79 Å². The van der Waals surface area contributed by atoms with Crippen molar-refractivity contribution in [1.82, 2.24) is 5.32 Å². The van der Waals surface area contributed by atoms with Crippen molar-refractivity contribution in [2.75, 3.05) is 17.6 Å². The Morgan fingerprint density at radius 1 is 1.44 bits per heavy atom. The van der Waals surface area contributed by atoms with Crippen LogP contribution in [0.1, 0.15) is 6.92 Å². The van der Waals surface area contributed by atoms with Crippen molar-refractivity contribution < 1.29 is 4.79 Å². The number of thioether (sulfide) groups is 1. The Bertz CT molecular complexity index is 318. The average Bonchev–Trinajstić information content (AvgIpc) is 2.34. The molecule has 1 unspecified atom stereocenters. The van der Waals surface area contributed by atoms with Crippen LogP contribution in [0.15, 0.2) is 35.2 Å². The van der Waals surface area contributed by atoms with E-state index in [0.717, 1.165) is 16.8 Å².